The van der Waals surface area contributed by atoms with Gasteiger partial charge in [-0.1, -0.05) is 13.8 Å². The van der Waals surface area contributed by atoms with Gasteiger partial charge in [-0.25, -0.2) is 4.98 Å². The summed E-state index contributed by atoms with van der Waals surface area (Å²) in [6.07, 6.45) is 5.27. The lowest BCUT2D eigenvalue weighted by Gasteiger charge is -2.35. The molecule has 2 heterocycles. The second kappa shape index (κ2) is 7.02. The summed E-state index contributed by atoms with van der Waals surface area (Å²) in [6, 6.07) is 0.0481. The molecule has 0 aromatic carbocycles. The lowest BCUT2D eigenvalue weighted by atomic mass is 9.97. The lowest BCUT2D eigenvalue weighted by Crippen LogP contribution is -2.43. The van der Waals surface area contributed by atoms with Crippen molar-refractivity contribution in [2.24, 2.45) is 0 Å². The van der Waals surface area contributed by atoms with Gasteiger partial charge in [0.2, 0.25) is 0 Å². The molecule has 1 atom stereocenters. The highest BCUT2D eigenvalue weighted by atomic mass is 32.1. The first-order valence-electron chi connectivity index (χ1n) is 7.47. The van der Waals surface area contributed by atoms with Crippen LogP contribution in [0.1, 0.15) is 66.5 Å². The summed E-state index contributed by atoms with van der Waals surface area (Å²) in [4.78, 5) is 30.2. The maximum atomic E-state index is 12.6. The van der Waals surface area contributed by atoms with E-state index in [0.717, 1.165) is 30.8 Å². The van der Waals surface area contributed by atoms with Gasteiger partial charge in [-0.05, 0) is 25.7 Å². The number of thiazole rings is 1. The number of carboxylic acid groups (broad SMARTS) is 1. The first kappa shape index (κ1) is 15.9. The molecule has 21 heavy (non-hydrogen) atoms. The van der Waals surface area contributed by atoms with Crippen LogP contribution >= 0.6 is 11.3 Å². The van der Waals surface area contributed by atoms with E-state index in [-0.39, 0.29) is 18.4 Å². The van der Waals surface area contributed by atoms with Crippen LogP contribution in [0.4, 0.5) is 0 Å². The molecule has 1 aliphatic heterocycles. The number of nitrogens with zero attached hydrogens (tertiary/aromatic N) is 2. The Kier molecular flexibility index (Phi) is 5.33. The minimum absolute atomic E-state index is 0.00879. The Morgan fingerprint density at radius 2 is 2.24 bits per heavy atom. The molecule has 0 spiro atoms. The third kappa shape index (κ3) is 4.03. The average molecular weight is 310 g/mol. The predicted molar refractivity (Wildman–Crippen MR) is 81.7 cm³/mol. The molecule has 1 amide bonds. The standard InChI is InChI=1S/C15H22N2O3S/c1-10(2)14-16-9-12(21-14)15(20)17-8-4-3-5-11(17)6-7-13(18)19/h9-11H,3-8H2,1-2H3,(H,18,19). The number of rotatable bonds is 5. The van der Waals surface area contributed by atoms with Crippen LogP contribution in [0.5, 0.6) is 0 Å². The SMILES string of the molecule is CC(C)c1ncc(C(=O)N2CCCCC2CCC(=O)O)s1. The van der Waals surface area contributed by atoms with Crippen molar-refractivity contribution in [3.8, 4) is 0 Å². The number of carbonyl (C=O) groups is 2. The number of likely N-dealkylation sites (tertiary alicyclic amines) is 1. The van der Waals surface area contributed by atoms with Gasteiger partial charge in [0.1, 0.15) is 4.88 Å². The van der Waals surface area contributed by atoms with Crippen molar-refractivity contribution in [1.29, 1.82) is 0 Å². The van der Waals surface area contributed by atoms with Crippen LogP contribution in [0.3, 0.4) is 0 Å². The average Bonchev–Trinajstić information content (AvgIpc) is 2.94. The van der Waals surface area contributed by atoms with Gasteiger partial charge in [0.05, 0.1) is 11.2 Å². The number of amides is 1. The summed E-state index contributed by atoms with van der Waals surface area (Å²) < 4.78 is 0. The summed E-state index contributed by atoms with van der Waals surface area (Å²) in [7, 11) is 0. The van der Waals surface area contributed by atoms with Gasteiger partial charge in [-0.2, -0.15) is 0 Å². The lowest BCUT2D eigenvalue weighted by molar-refractivity contribution is -0.137. The first-order chi connectivity index (χ1) is 9.99. The summed E-state index contributed by atoms with van der Waals surface area (Å²) in [5.74, 6) is -0.469. The molecule has 1 saturated heterocycles. The van der Waals surface area contributed by atoms with E-state index < -0.39 is 5.97 Å². The normalized spacial score (nSPS) is 19.0. The van der Waals surface area contributed by atoms with Crippen LogP contribution in [-0.4, -0.2) is 39.5 Å². The predicted octanol–water partition coefficient (Wildman–Crippen LogP) is 3.13. The summed E-state index contributed by atoms with van der Waals surface area (Å²) in [6.45, 7) is 4.84. The molecule has 1 N–H and O–H groups in total. The Hall–Kier alpha value is -1.43. The summed E-state index contributed by atoms with van der Waals surface area (Å²) in [5, 5.41) is 9.81. The van der Waals surface area contributed by atoms with Gasteiger partial charge in [0, 0.05) is 24.9 Å². The fraction of sp³-hybridized carbons (Fsp3) is 0.667. The van der Waals surface area contributed by atoms with E-state index >= 15 is 0 Å². The van der Waals surface area contributed by atoms with Gasteiger partial charge >= 0.3 is 5.97 Å². The van der Waals surface area contributed by atoms with E-state index in [9.17, 15) is 9.59 Å². The number of piperidine rings is 1. The molecule has 0 aliphatic carbocycles. The van der Waals surface area contributed by atoms with E-state index in [1.54, 1.807) is 6.20 Å². The fourth-order valence-corrected chi connectivity index (χ4v) is 3.53. The van der Waals surface area contributed by atoms with Crippen LogP contribution in [0.2, 0.25) is 0 Å². The molecule has 1 unspecified atom stereocenters. The topological polar surface area (TPSA) is 70.5 Å². The molecular formula is C15H22N2O3S. The molecule has 1 aromatic heterocycles. The van der Waals surface area contributed by atoms with Crippen LogP contribution < -0.4 is 0 Å². The summed E-state index contributed by atoms with van der Waals surface area (Å²) >= 11 is 1.45. The number of aromatic nitrogens is 1. The quantitative estimate of drug-likeness (QED) is 0.907. The third-order valence-electron chi connectivity index (χ3n) is 3.81. The fourth-order valence-electron chi connectivity index (χ4n) is 2.65. The Labute approximate surface area is 129 Å². The maximum Gasteiger partial charge on any atom is 0.303 e. The van der Waals surface area contributed by atoms with E-state index in [4.69, 9.17) is 5.11 Å². The third-order valence-corrected chi connectivity index (χ3v) is 5.09. The van der Waals surface area contributed by atoms with Crippen LogP contribution in [0.25, 0.3) is 0 Å². The summed E-state index contributed by atoms with van der Waals surface area (Å²) in [5.41, 5.74) is 0. The second-order valence-corrected chi connectivity index (χ2v) is 6.86. The molecule has 116 valence electrons. The zero-order chi connectivity index (χ0) is 15.4. The zero-order valence-corrected chi connectivity index (χ0v) is 13.4. The number of aliphatic carboxylic acids is 1. The van der Waals surface area contributed by atoms with E-state index in [2.05, 4.69) is 18.8 Å². The molecule has 0 saturated carbocycles. The number of hydrogen-bond donors (Lipinski definition) is 1. The van der Waals surface area contributed by atoms with E-state index in [1.807, 2.05) is 4.90 Å². The highest BCUT2D eigenvalue weighted by Crippen LogP contribution is 2.27. The molecule has 1 aliphatic rings. The highest BCUT2D eigenvalue weighted by molar-refractivity contribution is 7.13. The van der Waals surface area contributed by atoms with Crippen LogP contribution in [0, 0.1) is 0 Å². The highest BCUT2D eigenvalue weighted by Gasteiger charge is 2.29. The van der Waals surface area contributed by atoms with Crippen molar-refractivity contribution in [2.75, 3.05) is 6.54 Å². The van der Waals surface area contributed by atoms with Gasteiger partial charge in [0.15, 0.2) is 0 Å². The molecule has 5 nitrogen and oxygen atoms in total. The molecule has 1 aromatic rings. The van der Waals surface area contributed by atoms with E-state index in [0.29, 0.717) is 17.2 Å². The van der Waals surface area contributed by atoms with Gasteiger partial charge in [-0.15, -0.1) is 11.3 Å². The van der Waals surface area contributed by atoms with Gasteiger partial charge in [0.25, 0.3) is 5.91 Å². The molecule has 0 radical (unpaired) electrons. The molecule has 6 heteroatoms. The Balaban J connectivity index is 2.08. The maximum absolute atomic E-state index is 12.6. The van der Waals surface area contributed by atoms with Gasteiger partial charge < -0.3 is 10.0 Å². The van der Waals surface area contributed by atoms with Crippen LogP contribution in [0.15, 0.2) is 6.20 Å². The number of hydrogen-bond acceptors (Lipinski definition) is 4. The monoisotopic (exact) mass is 310 g/mol. The smallest absolute Gasteiger partial charge is 0.303 e. The van der Waals surface area contributed by atoms with Crippen molar-refractivity contribution >= 4 is 23.2 Å². The van der Waals surface area contributed by atoms with Gasteiger partial charge in [-0.3, -0.25) is 9.59 Å². The number of carbonyl (C=O) groups excluding carboxylic acids is 1. The zero-order valence-electron chi connectivity index (χ0n) is 12.5. The van der Waals surface area contributed by atoms with Crippen molar-refractivity contribution in [2.45, 2.75) is 57.9 Å². The Bertz CT molecular complexity index is 513. The minimum atomic E-state index is -0.798. The molecule has 1 fully saturated rings. The van der Waals surface area contributed by atoms with Crippen molar-refractivity contribution in [3.63, 3.8) is 0 Å². The number of carboxylic acids is 1. The van der Waals surface area contributed by atoms with Crippen LogP contribution in [-0.2, 0) is 4.79 Å². The largest absolute Gasteiger partial charge is 0.481 e. The molecule has 0 bridgehead atoms. The van der Waals surface area contributed by atoms with E-state index in [1.165, 1.54) is 11.3 Å². The molecular weight excluding hydrogens is 288 g/mol. The Morgan fingerprint density at radius 3 is 2.86 bits per heavy atom. The molecule has 2 rings (SSSR count). The van der Waals surface area contributed by atoms with Crippen molar-refractivity contribution < 1.29 is 14.7 Å². The van der Waals surface area contributed by atoms with Crippen molar-refractivity contribution in [1.82, 2.24) is 9.88 Å². The second-order valence-electron chi connectivity index (χ2n) is 5.80. The minimum Gasteiger partial charge on any atom is -0.481 e. The first-order valence-corrected chi connectivity index (χ1v) is 8.29. The van der Waals surface area contributed by atoms with Crippen molar-refractivity contribution in [3.05, 3.63) is 16.1 Å². The Morgan fingerprint density at radius 1 is 1.48 bits per heavy atom.